The molecule has 0 aliphatic rings. The van der Waals surface area contributed by atoms with Crippen molar-refractivity contribution in [2.75, 3.05) is 17.6 Å². The first-order chi connectivity index (χ1) is 8.88. The van der Waals surface area contributed by atoms with Gasteiger partial charge in [-0.3, -0.25) is 9.52 Å². The number of anilines is 1. The van der Waals surface area contributed by atoms with Crippen LogP contribution < -0.4 is 4.72 Å². The van der Waals surface area contributed by atoms with Crippen molar-refractivity contribution < 1.29 is 22.3 Å². The highest BCUT2D eigenvalue weighted by Gasteiger charge is 2.14. The first kappa shape index (κ1) is 14.9. The number of methoxy groups -OCH3 is 1. The van der Waals surface area contributed by atoms with Crippen molar-refractivity contribution in [3.63, 3.8) is 0 Å². The zero-order valence-electron chi connectivity index (χ0n) is 10.0. The molecule has 0 saturated carbocycles. The van der Waals surface area contributed by atoms with Crippen LogP contribution in [0.3, 0.4) is 0 Å². The minimum absolute atomic E-state index is 0.0582. The lowest BCUT2D eigenvalue weighted by atomic mass is 10.2. The Morgan fingerprint density at radius 2 is 2.21 bits per heavy atom. The summed E-state index contributed by atoms with van der Waals surface area (Å²) in [7, 11) is -2.61. The summed E-state index contributed by atoms with van der Waals surface area (Å²) in [5.74, 6) is -1.85. The normalized spacial score (nSPS) is 10.6. The zero-order valence-corrected chi connectivity index (χ0v) is 10.8. The van der Waals surface area contributed by atoms with Crippen LogP contribution in [0.25, 0.3) is 0 Å². The second-order valence-electron chi connectivity index (χ2n) is 3.55. The van der Waals surface area contributed by atoms with E-state index in [1.54, 1.807) is 6.07 Å². The summed E-state index contributed by atoms with van der Waals surface area (Å²) in [5.41, 5.74) is -0.212. The molecule has 8 heteroatoms. The van der Waals surface area contributed by atoms with E-state index in [4.69, 9.17) is 5.26 Å². The molecule has 0 spiro atoms. The highest BCUT2D eigenvalue weighted by molar-refractivity contribution is 7.92. The van der Waals surface area contributed by atoms with Crippen LogP contribution in [0.2, 0.25) is 0 Å². The van der Waals surface area contributed by atoms with Gasteiger partial charge in [0, 0.05) is 5.69 Å². The second kappa shape index (κ2) is 6.15. The standard InChI is InChI=1S/C11H11FN2O4S/c1-18-11(15)4-5-19(16,17)14-9-2-3-10(12)8(6-9)7-13/h2-3,6,14H,4-5H2,1H3. The summed E-state index contributed by atoms with van der Waals surface area (Å²) in [5, 5.41) is 8.62. The molecular formula is C11H11FN2O4S. The molecule has 0 amide bonds. The number of nitrogens with one attached hydrogen (secondary N) is 1. The smallest absolute Gasteiger partial charge is 0.306 e. The molecule has 1 rings (SSSR count). The van der Waals surface area contributed by atoms with E-state index >= 15 is 0 Å². The largest absolute Gasteiger partial charge is 0.469 e. The molecule has 0 aliphatic carbocycles. The summed E-state index contributed by atoms with van der Waals surface area (Å²) in [6, 6.07) is 4.84. The van der Waals surface area contributed by atoms with Crippen molar-refractivity contribution in [1.82, 2.24) is 0 Å². The molecule has 0 saturated heterocycles. The summed E-state index contributed by atoms with van der Waals surface area (Å²) in [4.78, 5) is 10.8. The van der Waals surface area contributed by atoms with Crippen LogP contribution in [-0.2, 0) is 19.6 Å². The maximum absolute atomic E-state index is 13.0. The van der Waals surface area contributed by atoms with Gasteiger partial charge in [0.1, 0.15) is 11.9 Å². The molecule has 0 heterocycles. The van der Waals surface area contributed by atoms with Crippen LogP contribution in [0.4, 0.5) is 10.1 Å². The van der Waals surface area contributed by atoms with Gasteiger partial charge in [0.2, 0.25) is 10.0 Å². The second-order valence-corrected chi connectivity index (χ2v) is 5.40. The zero-order chi connectivity index (χ0) is 14.5. The highest BCUT2D eigenvalue weighted by atomic mass is 32.2. The number of carbonyl (C=O) groups is 1. The Kier molecular flexibility index (Phi) is 4.83. The third-order valence-corrected chi connectivity index (χ3v) is 3.45. The number of nitriles is 1. The monoisotopic (exact) mass is 286 g/mol. The van der Waals surface area contributed by atoms with E-state index in [9.17, 15) is 17.6 Å². The molecule has 102 valence electrons. The minimum atomic E-state index is -3.76. The average molecular weight is 286 g/mol. The number of hydrogen-bond donors (Lipinski definition) is 1. The van der Waals surface area contributed by atoms with E-state index in [0.717, 1.165) is 19.2 Å². The molecule has 6 nitrogen and oxygen atoms in total. The Morgan fingerprint density at radius 1 is 1.53 bits per heavy atom. The lowest BCUT2D eigenvalue weighted by molar-refractivity contribution is -0.140. The lowest BCUT2D eigenvalue weighted by Crippen LogP contribution is -2.19. The number of esters is 1. The summed E-state index contributed by atoms with van der Waals surface area (Å²) in [6.07, 6.45) is -0.294. The predicted octanol–water partition coefficient (Wildman–Crippen LogP) is 1.00. The maximum Gasteiger partial charge on any atom is 0.306 e. The molecule has 1 aromatic carbocycles. The van der Waals surface area contributed by atoms with Crippen molar-refractivity contribution in [3.05, 3.63) is 29.6 Å². The third kappa shape index (κ3) is 4.56. The summed E-state index contributed by atoms with van der Waals surface area (Å²) < 4.78 is 42.7. The van der Waals surface area contributed by atoms with E-state index in [1.165, 1.54) is 6.07 Å². The Balaban J connectivity index is 2.79. The minimum Gasteiger partial charge on any atom is -0.469 e. The molecular weight excluding hydrogens is 275 g/mol. The molecule has 0 atom stereocenters. The molecule has 0 radical (unpaired) electrons. The number of hydrogen-bond acceptors (Lipinski definition) is 5. The molecule has 0 aromatic heterocycles. The quantitative estimate of drug-likeness (QED) is 0.815. The first-order valence-electron chi connectivity index (χ1n) is 5.15. The van der Waals surface area contributed by atoms with E-state index < -0.39 is 27.6 Å². The fraction of sp³-hybridized carbons (Fsp3) is 0.273. The number of ether oxygens (including phenoxy) is 1. The highest BCUT2D eigenvalue weighted by Crippen LogP contribution is 2.15. The van der Waals surface area contributed by atoms with Gasteiger partial charge in [0.25, 0.3) is 0 Å². The molecule has 0 unspecified atom stereocenters. The van der Waals surface area contributed by atoms with Crippen LogP contribution in [-0.4, -0.2) is 27.2 Å². The van der Waals surface area contributed by atoms with E-state index in [-0.39, 0.29) is 17.7 Å². The van der Waals surface area contributed by atoms with Crippen LogP contribution in [0, 0.1) is 17.1 Å². The fourth-order valence-corrected chi connectivity index (χ4v) is 2.25. The van der Waals surface area contributed by atoms with Crippen LogP contribution in [0.15, 0.2) is 18.2 Å². The van der Waals surface area contributed by atoms with Gasteiger partial charge in [-0.1, -0.05) is 0 Å². The van der Waals surface area contributed by atoms with Gasteiger partial charge in [0.05, 0.1) is 24.8 Å². The molecule has 0 aliphatic heterocycles. The van der Waals surface area contributed by atoms with Crippen molar-refractivity contribution in [1.29, 1.82) is 5.26 Å². The molecule has 1 aromatic rings. The number of halogens is 1. The Labute approximate surface area is 109 Å². The number of sulfonamides is 1. The topological polar surface area (TPSA) is 96.3 Å². The predicted molar refractivity (Wildman–Crippen MR) is 65.2 cm³/mol. The molecule has 0 bridgehead atoms. The summed E-state index contributed by atoms with van der Waals surface area (Å²) in [6.45, 7) is 0. The molecule has 1 N–H and O–H groups in total. The van der Waals surface area contributed by atoms with Crippen LogP contribution >= 0.6 is 0 Å². The number of benzene rings is 1. The Morgan fingerprint density at radius 3 is 2.79 bits per heavy atom. The van der Waals surface area contributed by atoms with E-state index in [2.05, 4.69) is 9.46 Å². The molecule has 0 fully saturated rings. The van der Waals surface area contributed by atoms with Gasteiger partial charge in [0.15, 0.2) is 0 Å². The molecule has 19 heavy (non-hydrogen) atoms. The van der Waals surface area contributed by atoms with Crippen LogP contribution in [0.5, 0.6) is 0 Å². The number of carbonyl (C=O) groups excluding carboxylic acids is 1. The summed E-state index contributed by atoms with van der Waals surface area (Å²) >= 11 is 0. The number of rotatable bonds is 5. The van der Waals surface area contributed by atoms with E-state index in [1.807, 2.05) is 0 Å². The van der Waals surface area contributed by atoms with Gasteiger partial charge in [-0.05, 0) is 18.2 Å². The van der Waals surface area contributed by atoms with Gasteiger partial charge in [-0.15, -0.1) is 0 Å². The Bertz CT molecular complexity index is 622. The van der Waals surface area contributed by atoms with Crippen molar-refractivity contribution in [3.8, 4) is 6.07 Å². The van der Waals surface area contributed by atoms with Gasteiger partial charge in [-0.25, -0.2) is 12.8 Å². The average Bonchev–Trinajstić information content (AvgIpc) is 2.38. The van der Waals surface area contributed by atoms with Crippen LogP contribution in [0.1, 0.15) is 12.0 Å². The number of nitrogens with zero attached hydrogens (tertiary/aromatic N) is 1. The Hall–Kier alpha value is -2.14. The third-order valence-electron chi connectivity index (χ3n) is 2.16. The van der Waals surface area contributed by atoms with E-state index in [0.29, 0.717) is 0 Å². The van der Waals surface area contributed by atoms with Gasteiger partial charge in [-0.2, -0.15) is 5.26 Å². The first-order valence-corrected chi connectivity index (χ1v) is 6.80. The lowest BCUT2D eigenvalue weighted by Gasteiger charge is -2.07. The maximum atomic E-state index is 13.0. The van der Waals surface area contributed by atoms with Crippen molar-refractivity contribution in [2.45, 2.75) is 6.42 Å². The fourth-order valence-electron chi connectivity index (χ4n) is 1.22. The van der Waals surface area contributed by atoms with Gasteiger partial charge >= 0.3 is 5.97 Å². The van der Waals surface area contributed by atoms with Crippen molar-refractivity contribution >= 4 is 21.7 Å². The van der Waals surface area contributed by atoms with Gasteiger partial charge < -0.3 is 4.74 Å². The van der Waals surface area contributed by atoms with Crippen molar-refractivity contribution in [2.24, 2.45) is 0 Å². The SMILES string of the molecule is COC(=O)CCS(=O)(=O)Nc1ccc(F)c(C#N)c1.